The van der Waals surface area contributed by atoms with Gasteiger partial charge in [0.05, 0.1) is 13.1 Å². The molecule has 0 heterocycles. The molecule has 0 fully saturated rings. The molecule has 0 radical (unpaired) electrons. The van der Waals surface area contributed by atoms with Gasteiger partial charge in [-0.2, -0.15) is 0 Å². The molecule has 4 nitrogen and oxygen atoms in total. The maximum atomic E-state index is 13.6. The summed E-state index contributed by atoms with van der Waals surface area (Å²) in [4.78, 5) is 14.3. The van der Waals surface area contributed by atoms with Crippen LogP contribution in [0.25, 0.3) is 0 Å². The third-order valence-electron chi connectivity index (χ3n) is 4.03. The average molecular weight is 382 g/mol. The summed E-state index contributed by atoms with van der Waals surface area (Å²) in [7, 11) is 0. The number of ether oxygens (including phenoxy) is 1. The summed E-state index contributed by atoms with van der Waals surface area (Å²) in [5.74, 6) is -1.50. The number of para-hydroxylation sites is 1. The van der Waals surface area contributed by atoms with E-state index >= 15 is 0 Å². The topological polar surface area (TPSA) is 41.6 Å². The van der Waals surface area contributed by atoms with Crippen LogP contribution in [0.5, 0.6) is 5.75 Å². The molecule has 0 aromatic heterocycles. The van der Waals surface area contributed by atoms with E-state index in [0.29, 0.717) is 6.54 Å². The third kappa shape index (κ3) is 5.30. The van der Waals surface area contributed by atoms with Gasteiger partial charge in [-0.3, -0.25) is 4.90 Å². The SMILES string of the molecule is O=C(NCCOc1ccc(F)cc1F)N(Cc1ccccc1)c1ccccc1. The van der Waals surface area contributed by atoms with Gasteiger partial charge in [-0.15, -0.1) is 0 Å². The minimum Gasteiger partial charge on any atom is -0.489 e. The van der Waals surface area contributed by atoms with Gasteiger partial charge < -0.3 is 10.1 Å². The first-order valence-electron chi connectivity index (χ1n) is 8.85. The highest BCUT2D eigenvalue weighted by Crippen LogP contribution is 2.18. The maximum absolute atomic E-state index is 13.6. The summed E-state index contributed by atoms with van der Waals surface area (Å²) < 4.78 is 31.8. The number of benzene rings is 3. The van der Waals surface area contributed by atoms with Crippen molar-refractivity contribution in [3.05, 3.63) is 96.1 Å². The number of carbonyl (C=O) groups excluding carboxylic acids is 1. The Morgan fingerprint density at radius 1 is 0.929 bits per heavy atom. The summed E-state index contributed by atoms with van der Waals surface area (Å²) >= 11 is 0. The Labute approximate surface area is 162 Å². The van der Waals surface area contributed by atoms with Crippen molar-refractivity contribution < 1.29 is 18.3 Å². The Kier molecular flexibility index (Phi) is 6.57. The third-order valence-corrected chi connectivity index (χ3v) is 4.03. The van der Waals surface area contributed by atoms with E-state index in [0.717, 1.165) is 23.4 Å². The van der Waals surface area contributed by atoms with Crippen LogP contribution in [0.1, 0.15) is 5.56 Å². The van der Waals surface area contributed by atoms with Crippen molar-refractivity contribution in [2.45, 2.75) is 6.54 Å². The molecule has 2 amide bonds. The number of nitrogens with one attached hydrogen (secondary N) is 1. The Balaban J connectivity index is 1.59. The van der Waals surface area contributed by atoms with E-state index in [2.05, 4.69) is 5.32 Å². The van der Waals surface area contributed by atoms with Crippen LogP contribution in [0.15, 0.2) is 78.9 Å². The number of amides is 2. The van der Waals surface area contributed by atoms with Crippen molar-refractivity contribution in [2.75, 3.05) is 18.1 Å². The van der Waals surface area contributed by atoms with E-state index in [-0.39, 0.29) is 24.9 Å². The van der Waals surface area contributed by atoms with Crippen molar-refractivity contribution in [2.24, 2.45) is 0 Å². The standard InChI is InChI=1S/C22H20F2N2O2/c23-18-11-12-21(20(24)15-18)28-14-13-25-22(27)26(19-9-5-2-6-10-19)16-17-7-3-1-4-8-17/h1-12,15H,13-14,16H2,(H,25,27). The first-order chi connectivity index (χ1) is 13.6. The van der Waals surface area contributed by atoms with Gasteiger partial charge in [-0.1, -0.05) is 48.5 Å². The zero-order valence-electron chi connectivity index (χ0n) is 15.1. The first kappa shape index (κ1) is 19.4. The van der Waals surface area contributed by atoms with E-state index in [1.165, 1.54) is 6.07 Å². The van der Waals surface area contributed by atoms with Crippen molar-refractivity contribution in [3.8, 4) is 5.75 Å². The molecule has 0 spiro atoms. The zero-order valence-corrected chi connectivity index (χ0v) is 15.1. The van der Waals surface area contributed by atoms with Crippen molar-refractivity contribution >= 4 is 11.7 Å². The quantitative estimate of drug-likeness (QED) is 0.599. The van der Waals surface area contributed by atoms with E-state index in [1.54, 1.807) is 4.90 Å². The van der Waals surface area contributed by atoms with Crippen LogP contribution in [-0.4, -0.2) is 19.2 Å². The van der Waals surface area contributed by atoms with E-state index in [4.69, 9.17) is 4.74 Å². The normalized spacial score (nSPS) is 10.4. The molecule has 0 atom stereocenters. The number of nitrogens with zero attached hydrogens (tertiary/aromatic N) is 1. The average Bonchev–Trinajstić information content (AvgIpc) is 2.72. The molecule has 3 aromatic carbocycles. The number of hydrogen-bond acceptors (Lipinski definition) is 2. The molecule has 3 aromatic rings. The largest absolute Gasteiger partial charge is 0.489 e. The molecule has 6 heteroatoms. The van der Waals surface area contributed by atoms with Gasteiger partial charge in [-0.05, 0) is 29.8 Å². The molecule has 28 heavy (non-hydrogen) atoms. The summed E-state index contributed by atoms with van der Waals surface area (Å²) in [6.45, 7) is 0.639. The first-order valence-corrected chi connectivity index (χ1v) is 8.85. The summed E-state index contributed by atoms with van der Waals surface area (Å²) in [5.41, 5.74) is 1.75. The number of carbonyl (C=O) groups is 1. The van der Waals surface area contributed by atoms with Crippen LogP contribution < -0.4 is 15.0 Å². The minimum atomic E-state index is -0.777. The Morgan fingerprint density at radius 3 is 2.29 bits per heavy atom. The highest BCUT2D eigenvalue weighted by atomic mass is 19.1. The predicted molar refractivity (Wildman–Crippen MR) is 104 cm³/mol. The zero-order chi connectivity index (χ0) is 19.8. The molecule has 144 valence electrons. The highest BCUT2D eigenvalue weighted by Gasteiger charge is 2.15. The second-order valence-corrected chi connectivity index (χ2v) is 6.06. The van der Waals surface area contributed by atoms with Gasteiger partial charge in [-0.25, -0.2) is 13.6 Å². The van der Waals surface area contributed by atoms with E-state index in [1.807, 2.05) is 60.7 Å². The number of anilines is 1. The molecule has 0 aliphatic rings. The maximum Gasteiger partial charge on any atom is 0.322 e. The van der Waals surface area contributed by atoms with Crippen LogP contribution in [0.4, 0.5) is 19.3 Å². The molecule has 0 bridgehead atoms. The smallest absolute Gasteiger partial charge is 0.322 e. The van der Waals surface area contributed by atoms with Crippen LogP contribution in [-0.2, 0) is 6.54 Å². The van der Waals surface area contributed by atoms with Gasteiger partial charge in [0.1, 0.15) is 12.4 Å². The number of urea groups is 1. The minimum absolute atomic E-state index is 0.0557. The lowest BCUT2D eigenvalue weighted by Crippen LogP contribution is -2.41. The fraction of sp³-hybridized carbons (Fsp3) is 0.136. The fourth-order valence-corrected chi connectivity index (χ4v) is 2.66. The Hall–Kier alpha value is -3.41. The van der Waals surface area contributed by atoms with Gasteiger partial charge in [0.2, 0.25) is 0 Å². The fourth-order valence-electron chi connectivity index (χ4n) is 2.66. The van der Waals surface area contributed by atoms with Crippen LogP contribution >= 0.6 is 0 Å². The monoisotopic (exact) mass is 382 g/mol. The number of halogens is 2. The molecule has 0 aliphatic carbocycles. The highest BCUT2D eigenvalue weighted by molar-refractivity contribution is 5.91. The van der Waals surface area contributed by atoms with Gasteiger partial charge in [0, 0.05) is 11.8 Å². The molecule has 0 saturated carbocycles. The second kappa shape index (κ2) is 9.50. The van der Waals surface area contributed by atoms with Gasteiger partial charge >= 0.3 is 6.03 Å². The lowest BCUT2D eigenvalue weighted by Gasteiger charge is -2.23. The molecule has 1 N–H and O–H groups in total. The van der Waals surface area contributed by atoms with Crippen molar-refractivity contribution in [3.63, 3.8) is 0 Å². The second-order valence-electron chi connectivity index (χ2n) is 6.06. The molecule has 0 aliphatic heterocycles. The number of rotatable bonds is 7. The Bertz CT molecular complexity index is 905. The molecule has 0 unspecified atom stereocenters. The molecular formula is C22H20F2N2O2. The van der Waals surface area contributed by atoms with Crippen molar-refractivity contribution in [1.82, 2.24) is 5.32 Å². The lowest BCUT2D eigenvalue weighted by molar-refractivity contribution is 0.240. The number of hydrogen-bond donors (Lipinski definition) is 1. The van der Waals surface area contributed by atoms with Crippen LogP contribution in [0, 0.1) is 11.6 Å². The molecular weight excluding hydrogens is 362 g/mol. The van der Waals surface area contributed by atoms with Crippen LogP contribution in [0.2, 0.25) is 0 Å². The lowest BCUT2D eigenvalue weighted by atomic mass is 10.2. The van der Waals surface area contributed by atoms with Gasteiger partial charge in [0.15, 0.2) is 11.6 Å². The van der Waals surface area contributed by atoms with E-state index < -0.39 is 11.6 Å². The van der Waals surface area contributed by atoms with Gasteiger partial charge in [0.25, 0.3) is 0 Å². The molecule has 0 saturated heterocycles. The van der Waals surface area contributed by atoms with Crippen molar-refractivity contribution in [1.29, 1.82) is 0 Å². The summed E-state index contributed by atoms with van der Waals surface area (Å²) in [6, 6.07) is 21.8. The summed E-state index contributed by atoms with van der Waals surface area (Å²) in [6.07, 6.45) is 0. The van der Waals surface area contributed by atoms with Crippen LogP contribution in [0.3, 0.4) is 0 Å². The summed E-state index contributed by atoms with van der Waals surface area (Å²) in [5, 5.41) is 2.77. The Morgan fingerprint density at radius 2 is 1.61 bits per heavy atom. The molecule has 3 rings (SSSR count). The predicted octanol–water partition coefficient (Wildman–Crippen LogP) is 4.76. The van der Waals surface area contributed by atoms with E-state index in [9.17, 15) is 13.6 Å².